The summed E-state index contributed by atoms with van der Waals surface area (Å²) in [5.41, 5.74) is 2.19. The Labute approximate surface area is 186 Å². The van der Waals surface area contributed by atoms with E-state index in [1.807, 2.05) is 19.9 Å². The predicted octanol–water partition coefficient (Wildman–Crippen LogP) is 3.75. The Morgan fingerprint density at radius 3 is 2.58 bits per heavy atom. The van der Waals surface area contributed by atoms with Crippen LogP contribution in [0, 0.1) is 5.41 Å². The van der Waals surface area contributed by atoms with Crippen LogP contribution in [0.2, 0.25) is 0 Å². The zero-order valence-electron chi connectivity index (χ0n) is 18.2. The van der Waals surface area contributed by atoms with Crippen molar-refractivity contribution >= 4 is 23.2 Å². The quantitative estimate of drug-likeness (QED) is 0.640. The Bertz CT molecular complexity index is 1060. The number of aromatic nitrogens is 2. The Hall–Kier alpha value is -2.93. The minimum atomic E-state index is -0.636. The lowest BCUT2D eigenvalue weighted by molar-refractivity contribution is -0.130. The van der Waals surface area contributed by atoms with Crippen molar-refractivity contribution in [3.63, 3.8) is 0 Å². The summed E-state index contributed by atoms with van der Waals surface area (Å²) in [6.07, 6.45) is 2.87. The van der Waals surface area contributed by atoms with Crippen LogP contribution in [-0.4, -0.2) is 45.6 Å². The van der Waals surface area contributed by atoms with E-state index >= 15 is 0 Å². The molecule has 1 aliphatic heterocycles. The van der Waals surface area contributed by atoms with Crippen LogP contribution in [0.5, 0.6) is 0 Å². The van der Waals surface area contributed by atoms with E-state index in [0.29, 0.717) is 31.6 Å². The maximum Gasteiger partial charge on any atom is 0.272 e. The molecule has 0 unspecified atom stereocenters. The smallest absolute Gasteiger partial charge is 0.272 e. The summed E-state index contributed by atoms with van der Waals surface area (Å²) in [5.74, 6) is -0.0580. The SMILES string of the molecule is CC(C)NC(=O)[C@]1(Cc2ccc(-c3cccs3)cc2)CCN(C(=O)c2ccnn2C)C1. The highest BCUT2D eigenvalue weighted by atomic mass is 32.1. The molecule has 0 saturated carbocycles. The molecular weight excluding hydrogens is 408 g/mol. The molecule has 3 heterocycles. The number of rotatable bonds is 6. The van der Waals surface area contributed by atoms with E-state index in [9.17, 15) is 9.59 Å². The van der Waals surface area contributed by atoms with Crippen molar-refractivity contribution < 1.29 is 9.59 Å². The molecule has 7 heteroatoms. The number of amides is 2. The van der Waals surface area contributed by atoms with Crippen LogP contribution in [0.3, 0.4) is 0 Å². The first kappa shape index (κ1) is 21.3. The molecule has 6 nitrogen and oxygen atoms in total. The van der Waals surface area contributed by atoms with Crippen molar-refractivity contribution in [1.82, 2.24) is 20.0 Å². The molecule has 0 bridgehead atoms. The first-order valence-corrected chi connectivity index (χ1v) is 11.5. The van der Waals surface area contributed by atoms with E-state index in [0.717, 1.165) is 5.56 Å². The van der Waals surface area contributed by atoms with Crippen molar-refractivity contribution in [2.45, 2.75) is 32.7 Å². The van der Waals surface area contributed by atoms with Crippen molar-refractivity contribution in [3.05, 3.63) is 65.3 Å². The highest BCUT2D eigenvalue weighted by Crippen LogP contribution is 2.36. The standard InChI is InChI=1S/C24H28N4O2S/c1-17(2)26-23(30)24(11-13-28(16-24)22(29)20-10-12-25-27(20)3)15-18-6-8-19(9-7-18)21-5-4-14-31-21/h4-10,12,14,17H,11,13,15-16H2,1-3H3,(H,26,30)/t24-/m0/s1. The van der Waals surface area contributed by atoms with Crippen LogP contribution >= 0.6 is 11.3 Å². The van der Waals surface area contributed by atoms with Gasteiger partial charge in [-0.15, -0.1) is 11.3 Å². The Morgan fingerprint density at radius 1 is 1.19 bits per heavy atom. The second-order valence-electron chi connectivity index (χ2n) is 8.58. The van der Waals surface area contributed by atoms with Crippen LogP contribution in [0.25, 0.3) is 10.4 Å². The van der Waals surface area contributed by atoms with E-state index in [2.05, 4.69) is 46.1 Å². The number of hydrogen-bond donors (Lipinski definition) is 1. The number of nitrogens with zero attached hydrogens (tertiary/aromatic N) is 3. The summed E-state index contributed by atoms with van der Waals surface area (Å²) in [6, 6.07) is 14.4. The summed E-state index contributed by atoms with van der Waals surface area (Å²) in [4.78, 5) is 29.3. The van der Waals surface area contributed by atoms with Gasteiger partial charge in [0.1, 0.15) is 5.69 Å². The van der Waals surface area contributed by atoms with Gasteiger partial charge in [-0.3, -0.25) is 14.3 Å². The van der Waals surface area contributed by atoms with E-state index < -0.39 is 5.41 Å². The molecular formula is C24H28N4O2S. The molecule has 31 heavy (non-hydrogen) atoms. The van der Waals surface area contributed by atoms with E-state index in [4.69, 9.17) is 0 Å². The number of thiophene rings is 1. The zero-order valence-corrected chi connectivity index (χ0v) is 19.0. The fourth-order valence-electron chi connectivity index (χ4n) is 4.24. The van der Waals surface area contributed by atoms with Gasteiger partial charge in [-0.2, -0.15) is 5.10 Å². The van der Waals surface area contributed by atoms with Crippen LogP contribution in [0.4, 0.5) is 0 Å². The first-order valence-electron chi connectivity index (χ1n) is 10.6. The predicted molar refractivity (Wildman–Crippen MR) is 123 cm³/mol. The molecule has 0 radical (unpaired) electrons. The van der Waals surface area contributed by atoms with Gasteiger partial charge in [0.25, 0.3) is 5.91 Å². The Morgan fingerprint density at radius 2 is 1.97 bits per heavy atom. The molecule has 0 spiro atoms. The number of aryl methyl sites for hydroxylation is 1. The molecule has 3 aromatic rings. The fraction of sp³-hybridized carbons (Fsp3) is 0.375. The van der Waals surface area contributed by atoms with Gasteiger partial charge >= 0.3 is 0 Å². The van der Waals surface area contributed by atoms with E-state index in [1.54, 1.807) is 40.2 Å². The topological polar surface area (TPSA) is 67.2 Å². The highest BCUT2D eigenvalue weighted by molar-refractivity contribution is 7.13. The molecule has 2 aromatic heterocycles. The maximum atomic E-state index is 13.3. The molecule has 1 fully saturated rings. The molecule has 1 aromatic carbocycles. The molecule has 4 rings (SSSR count). The molecule has 0 aliphatic carbocycles. The normalized spacial score (nSPS) is 18.5. The lowest BCUT2D eigenvalue weighted by atomic mass is 9.79. The fourth-order valence-corrected chi connectivity index (χ4v) is 4.97. The van der Waals surface area contributed by atoms with Gasteiger partial charge in [0, 0.05) is 37.3 Å². The third-order valence-electron chi connectivity index (χ3n) is 5.88. The number of carbonyl (C=O) groups excluding carboxylic acids is 2. The van der Waals surface area contributed by atoms with Gasteiger partial charge in [-0.05, 0) is 55.3 Å². The zero-order chi connectivity index (χ0) is 22.0. The molecule has 1 aliphatic rings. The molecule has 162 valence electrons. The minimum absolute atomic E-state index is 0.0186. The van der Waals surface area contributed by atoms with Gasteiger partial charge in [-0.25, -0.2) is 0 Å². The second kappa shape index (κ2) is 8.67. The third kappa shape index (κ3) is 4.42. The molecule has 1 atom stereocenters. The number of benzene rings is 1. The number of likely N-dealkylation sites (tertiary alicyclic amines) is 1. The Balaban J connectivity index is 1.57. The van der Waals surface area contributed by atoms with Crippen LogP contribution in [-0.2, 0) is 18.3 Å². The van der Waals surface area contributed by atoms with Crippen LogP contribution < -0.4 is 5.32 Å². The highest BCUT2D eigenvalue weighted by Gasteiger charge is 2.46. The summed E-state index contributed by atoms with van der Waals surface area (Å²) < 4.78 is 1.58. The van der Waals surface area contributed by atoms with Crippen LogP contribution in [0.1, 0.15) is 36.3 Å². The molecule has 1 N–H and O–H groups in total. The second-order valence-corrected chi connectivity index (χ2v) is 9.52. The van der Waals surface area contributed by atoms with Crippen molar-refractivity contribution in [2.75, 3.05) is 13.1 Å². The number of nitrogens with one attached hydrogen (secondary N) is 1. The lowest BCUT2D eigenvalue weighted by Gasteiger charge is -2.29. The summed E-state index contributed by atoms with van der Waals surface area (Å²) in [5, 5.41) is 9.27. The summed E-state index contributed by atoms with van der Waals surface area (Å²) in [6.45, 7) is 4.90. The van der Waals surface area contributed by atoms with Gasteiger partial charge in [0.05, 0.1) is 5.41 Å². The number of carbonyl (C=O) groups is 2. The minimum Gasteiger partial charge on any atom is -0.353 e. The average molecular weight is 437 g/mol. The molecule has 2 amide bonds. The maximum absolute atomic E-state index is 13.3. The van der Waals surface area contributed by atoms with Gasteiger partial charge in [0.2, 0.25) is 5.91 Å². The number of hydrogen-bond acceptors (Lipinski definition) is 4. The average Bonchev–Trinajstić information content (AvgIpc) is 3.49. The van der Waals surface area contributed by atoms with Crippen LogP contribution in [0.15, 0.2) is 54.0 Å². The van der Waals surface area contributed by atoms with Gasteiger partial charge < -0.3 is 10.2 Å². The largest absolute Gasteiger partial charge is 0.353 e. The van der Waals surface area contributed by atoms with Crippen molar-refractivity contribution in [1.29, 1.82) is 0 Å². The Kier molecular flexibility index (Phi) is 5.96. The van der Waals surface area contributed by atoms with E-state index in [1.165, 1.54) is 10.4 Å². The first-order chi connectivity index (χ1) is 14.9. The van der Waals surface area contributed by atoms with Crippen molar-refractivity contribution in [3.8, 4) is 10.4 Å². The summed E-state index contributed by atoms with van der Waals surface area (Å²) >= 11 is 1.71. The van der Waals surface area contributed by atoms with Crippen molar-refractivity contribution in [2.24, 2.45) is 12.5 Å². The van der Waals surface area contributed by atoms with Gasteiger partial charge in [-0.1, -0.05) is 30.3 Å². The third-order valence-corrected chi connectivity index (χ3v) is 6.80. The lowest BCUT2D eigenvalue weighted by Crippen LogP contribution is -2.47. The van der Waals surface area contributed by atoms with Gasteiger partial charge in [0.15, 0.2) is 0 Å². The molecule has 1 saturated heterocycles. The monoisotopic (exact) mass is 436 g/mol. The van der Waals surface area contributed by atoms with E-state index in [-0.39, 0.29) is 17.9 Å². The summed E-state index contributed by atoms with van der Waals surface area (Å²) in [7, 11) is 1.76.